The largest absolute Gasteiger partial charge is 0.364 e. The van der Waals surface area contributed by atoms with E-state index in [1.165, 1.54) is 16.3 Å². The Morgan fingerprint density at radius 3 is 2.86 bits per heavy atom. The molecule has 8 heteroatoms. The second kappa shape index (κ2) is 8.02. The molecular formula is C27H26N8. The van der Waals surface area contributed by atoms with E-state index >= 15 is 0 Å². The lowest BCUT2D eigenvalue weighted by atomic mass is 9.99. The SMILES string of the molecule is C[C@H](Nc1cc(-c2cc3ncnn3c(N3CC4CC3CN4)n2)ccn1)c1cccc2ccccc12. The first-order valence-electron chi connectivity index (χ1n) is 12.1. The van der Waals surface area contributed by atoms with Crippen molar-refractivity contribution in [1.29, 1.82) is 0 Å². The average Bonchev–Trinajstić information content (AvgIpc) is 3.65. The third-order valence-corrected chi connectivity index (χ3v) is 7.27. The molecule has 2 aromatic carbocycles. The fraction of sp³-hybridized carbons (Fsp3) is 0.259. The van der Waals surface area contributed by atoms with Gasteiger partial charge < -0.3 is 15.5 Å². The smallest absolute Gasteiger partial charge is 0.229 e. The highest BCUT2D eigenvalue weighted by atomic mass is 15.4. The summed E-state index contributed by atoms with van der Waals surface area (Å²) < 4.78 is 1.85. The fourth-order valence-electron chi connectivity index (χ4n) is 5.55. The highest BCUT2D eigenvalue weighted by Gasteiger charge is 2.39. The quantitative estimate of drug-likeness (QED) is 0.407. The highest BCUT2D eigenvalue weighted by Crippen LogP contribution is 2.31. The number of hydrogen-bond donors (Lipinski definition) is 2. The van der Waals surface area contributed by atoms with E-state index in [0.717, 1.165) is 48.2 Å². The fourth-order valence-corrected chi connectivity index (χ4v) is 5.55. The molecule has 2 fully saturated rings. The lowest BCUT2D eigenvalue weighted by Gasteiger charge is -2.28. The average molecular weight is 463 g/mol. The molecule has 5 aromatic rings. The second-order valence-corrected chi connectivity index (χ2v) is 9.48. The molecule has 174 valence electrons. The zero-order valence-electron chi connectivity index (χ0n) is 19.5. The summed E-state index contributed by atoms with van der Waals surface area (Å²) in [5.41, 5.74) is 3.93. The van der Waals surface area contributed by atoms with E-state index in [1.54, 1.807) is 6.33 Å². The Labute approximate surface area is 203 Å². The number of aromatic nitrogens is 5. The van der Waals surface area contributed by atoms with Gasteiger partial charge in [0.15, 0.2) is 5.65 Å². The van der Waals surface area contributed by atoms with Gasteiger partial charge in [-0.15, -0.1) is 0 Å². The molecular weight excluding hydrogens is 436 g/mol. The van der Waals surface area contributed by atoms with E-state index in [-0.39, 0.29) is 6.04 Å². The summed E-state index contributed by atoms with van der Waals surface area (Å²) in [4.78, 5) is 16.5. The van der Waals surface area contributed by atoms with Crippen molar-refractivity contribution in [2.45, 2.75) is 31.5 Å². The molecule has 3 aromatic heterocycles. The number of hydrogen-bond acceptors (Lipinski definition) is 7. The van der Waals surface area contributed by atoms with E-state index in [0.29, 0.717) is 12.1 Å². The maximum Gasteiger partial charge on any atom is 0.229 e. The van der Waals surface area contributed by atoms with Crippen molar-refractivity contribution in [3.63, 3.8) is 0 Å². The predicted octanol–water partition coefficient (Wildman–Crippen LogP) is 4.06. The van der Waals surface area contributed by atoms with Gasteiger partial charge in [0.2, 0.25) is 5.95 Å². The summed E-state index contributed by atoms with van der Waals surface area (Å²) in [6, 6.07) is 22.1. The van der Waals surface area contributed by atoms with Crippen molar-refractivity contribution >= 4 is 28.2 Å². The van der Waals surface area contributed by atoms with Crippen LogP contribution in [0.25, 0.3) is 27.7 Å². The molecule has 2 aliphatic heterocycles. The Balaban J connectivity index is 1.23. The zero-order chi connectivity index (χ0) is 23.4. The Kier molecular flexibility index (Phi) is 4.66. The minimum Gasteiger partial charge on any atom is -0.364 e. The number of benzene rings is 2. The monoisotopic (exact) mass is 462 g/mol. The van der Waals surface area contributed by atoms with Crippen molar-refractivity contribution in [3.05, 3.63) is 78.8 Å². The molecule has 0 aliphatic carbocycles. The summed E-state index contributed by atoms with van der Waals surface area (Å²) in [5, 5.41) is 14.1. The summed E-state index contributed by atoms with van der Waals surface area (Å²) in [7, 11) is 0. The summed E-state index contributed by atoms with van der Waals surface area (Å²) in [5.74, 6) is 1.68. The van der Waals surface area contributed by atoms with Crippen LogP contribution in [-0.4, -0.2) is 49.7 Å². The number of fused-ring (bicyclic) bond motifs is 4. The summed E-state index contributed by atoms with van der Waals surface area (Å²) in [6.45, 7) is 4.11. The molecule has 2 bridgehead atoms. The number of pyridine rings is 1. The molecule has 3 atom stereocenters. The van der Waals surface area contributed by atoms with Gasteiger partial charge in [-0.2, -0.15) is 9.61 Å². The first kappa shape index (κ1) is 20.3. The van der Waals surface area contributed by atoms with E-state index in [4.69, 9.17) is 4.98 Å². The minimum absolute atomic E-state index is 0.0963. The van der Waals surface area contributed by atoms with E-state index in [1.807, 2.05) is 22.8 Å². The van der Waals surface area contributed by atoms with Crippen LogP contribution >= 0.6 is 0 Å². The number of anilines is 2. The van der Waals surface area contributed by atoms with Crippen LogP contribution in [-0.2, 0) is 0 Å². The van der Waals surface area contributed by atoms with Crippen LogP contribution in [0.3, 0.4) is 0 Å². The van der Waals surface area contributed by atoms with Gasteiger partial charge in [-0.3, -0.25) is 0 Å². The normalized spacial score (nSPS) is 20.1. The van der Waals surface area contributed by atoms with Crippen molar-refractivity contribution in [2.24, 2.45) is 0 Å². The number of nitrogens with one attached hydrogen (secondary N) is 2. The molecule has 0 spiro atoms. The van der Waals surface area contributed by atoms with E-state index < -0.39 is 0 Å². The van der Waals surface area contributed by atoms with Crippen LogP contribution in [0.5, 0.6) is 0 Å². The minimum atomic E-state index is 0.0963. The molecule has 0 saturated carbocycles. The van der Waals surface area contributed by atoms with Crippen molar-refractivity contribution in [1.82, 2.24) is 29.9 Å². The van der Waals surface area contributed by atoms with Gasteiger partial charge in [0.25, 0.3) is 0 Å². The summed E-state index contributed by atoms with van der Waals surface area (Å²) >= 11 is 0. The lowest BCUT2D eigenvalue weighted by Crippen LogP contribution is -2.44. The lowest BCUT2D eigenvalue weighted by molar-refractivity contribution is 0.567. The van der Waals surface area contributed by atoms with Crippen molar-refractivity contribution < 1.29 is 0 Å². The molecule has 2 N–H and O–H groups in total. The molecule has 0 radical (unpaired) electrons. The standard InChI is InChI=1S/C27H26N8/c1-17(22-8-4-6-18-5-2-3-7-23(18)22)32-25-11-19(9-10-28-25)24-13-26-30-16-31-35(26)27(33-24)34-15-20-12-21(34)14-29-20/h2-11,13,16-17,20-21,29H,12,14-15H2,1H3,(H,28,32)/t17-,20?,21?/m0/s1. The summed E-state index contributed by atoms with van der Waals surface area (Å²) in [6.07, 6.45) is 4.59. The van der Waals surface area contributed by atoms with Gasteiger partial charge in [-0.1, -0.05) is 42.5 Å². The first-order valence-corrected chi connectivity index (χ1v) is 12.1. The van der Waals surface area contributed by atoms with Gasteiger partial charge in [-0.05, 0) is 41.8 Å². The van der Waals surface area contributed by atoms with Gasteiger partial charge >= 0.3 is 0 Å². The van der Waals surface area contributed by atoms with Crippen LogP contribution in [0.15, 0.2) is 73.2 Å². The molecule has 35 heavy (non-hydrogen) atoms. The number of nitrogens with zero attached hydrogens (tertiary/aromatic N) is 6. The molecule has 2 unspecified atom stereocenters. The van der Waals surface area contributed by atoms with Crippen LogP contribution in [0.4, 0.5) is 11.8 Å². The van der Waals surface area contributed by atoms with Crippen molar-refractivity contribution in [3.8, 4) is 11.3 Å². The van der Waals surface area contributed by atoms with E-state index in [9.17, 15) is 0 Å². The van der Waals surface area contributed by atoms with E-state index in [2.05, 4.69) is 86.1 Å². The van der Waals surface area contributed by atoms with Gasteiger partial charge in [0, 0.05) is 43.0 Å². The molecule has 8 nitrogen and oxygen atoms in total. The number of piperazine rings is 1. The topological polar surface area (TPSA) is 83.3 Å². The first-order chi connectivity index (χ1) is 17.2. The number of rotatable bonds is 5. The third-order valence-electron chi connectivity index (χ3n) is 7.27. The Morgan fingerprint density at radius 1 is 1.06 bits per heavy atom. The van der Waals surface area contributed by atoms with Crippen LogP contribution in [0.1, 0.15) is 24.9 Å². The Hall–Kier alpha value is -4.04. The molecule has 5 heterocycles. The van der Waals surface area contributed by atoms with Gasteiger partial charge in [-0.25, -0.2) is 15.0 Å². The molecule has 2 aliphatic rings. The van der Waals surface area contributed by atoms with Gasteiger partial charge in [0.1, 0.15) is 12.1 Å². The predicted molar refractivity (Wildman–Crippen MR) is 138 cm³/mol. The van der Waals surface area contributed by atoms with Crippen LogP contribution in [0.2, 0.25) is 0 Å². The van der Waals surface area contributed by atoms with Crippen molar-refractivity contribution in [2.75, 3.05) is 23.3 Å². The maximum atomic E-state index is 5.07. The van der Waals surface area contributed by atoms with Crippen LogP contribution in [0, 0.1) is 0 Å². The Bertz CT molecular complexity index is 1540. The second-order valence-electron chi connectivity index (χ2n) is 9.48. The van der Waals surface area contributed by atoms with Crippen LogP contribution < -0.4 is 15.5 Å². The van der Waals surface area contributed by atoms with Gasteiger partial charge in [0.05, 0.1) is 11.7 Å². The molecule has 2 saturated heterocycles. The third kappa shape index (κ3) is 3.49. The zero-order valence-corrected chi connectivity index (χ0v) is 19.5. The highest BCUT2D eigenvalue weighted by molar-refractivity contribution is 5.86. The molecule has 7 rings (SSSR count). The molecule has 0 amide bonds. The maximum absolute atomic E-state index is 5.07. The Morgan fingerprint density at radius 2 is 1.97 bits per heavy atom.